The van der Waals surface area contributed by atoms with Crippen LogP contribution >= 0.6 is 0 Å². The number of hydrogen-bond donors (Lipinski definition) is 1. The Labute approximate surface area is 81.7 Å². The Morgan fingerprint density at radius 2 is 2.08 bits per heavy atom. The van der Waals surface area contributed by atoms with Crippen LogP contribution in [0.1, 0.15) is 26.7 Å². The van der Waals surface area contributed by atoms with Crippen LogP contribution in [0.25, 0.3) is 0 Å². The van der Waals surface area contributed by atoms with Crippen molar-refractivity contribution >= 4 is 0 Å². The largest absolute Gasteiger partial charge is 0.306 e. The Bertz CT molecular complexity index is 151. The van der Waals surface area contributed by atoms with Crippen molar-refractivity contribution in [3.63, 3.8) is 0 Å². The van der Waals surface area contributed by atoms with E-state index in [0.717, 1.165) is 26.1 Å². The third-order valence-corrected chi connectivity index (χ3v) is 2.01. The fourth-order valence-electron chi connectivity index (χ4n) is 1.30. The molecule has 0 saturated heterocycles. The summed E-state index contributed by atoms with van der Waals surface area (Å²) in [6.07, 6.45) is 2.09. The summed E-state index contributed by atoms with van der Waals surface area (Å²) in [4.78, 5) is 2.27. The van der Waals surface area contributed by atoms with E-state index in [-0.39, 0.29) is 6.04 Å². The number of nitrogens with one attached hydrogen (secondary N) is 1. The van der Waals surface area contributed by atoms with Gasteiger partial charge in [0.1, 0.15) is 0 Å². The molecule has 0 radical (unpaired) electrons. The molecule has 0 amide bonds. The SMILES string of the molecule is CCCN(C)CCC(C#N)NCC. The number of nitriles is 1. The summed E-state index contributed by atoms with van der Waals surface area (Å²) < 4.78 is 0. The highest BCUT2D eigenvalue weighted by atomic mass is 15.1. The van der Waals surface area contributed by atoms with Crippen molar-refractivity contribution in [1.29, 1.82) is 5.26 Å². The first-order chi connectivity index (χ1) is 6.24. The van der Waals surface area contributed by atoms with E-state index in [1.165, 1.54) is 6.42 Å². The van der Waals surface area contributed by atoms with Gasteiger partial charge in [0, 0.05) is 6.54 Å². The molecule has 0 heterocycles. The first kappa shape index (κ1) is 12.4. The zero-order chi connectivity index (χ0) is 10.1. The van der Waals surface area contributed by atoms with Crippen LogP contribution < -0.4 is 5.32 Å². The van der Waals surface area contributed by atoms with E-state index in [4.69, 9.17) is 5.26 Å². The average Bonchev–Trinajstić information content (AvgIpc) is 2.12. The number of nitrogens with zero attached hydrogens (tertiary/aromatic N) is 2. The average molecular weight is 183 g/mol. The smallest absolute Gasteiger partial charge is 0.0965 e. The molecule has 0 aromatic heterocycles. The van der Waals surface area contributed by atoms with Gasteiger partial charge in [0.2, 0.25) is 0 Å². The fraction of sp³-hybridized carbons (Fsp3) is 0.900. The van der Waals surface area contributed by atoms with Crippen molar-refractivity contribution in [2.24, 2.45) is 0 Å². The maximum atomic E-state index is 8.77. The topological polar surface area (TPSA) is 39.1 Å². The van der Waals surface area contributed by atoms with Crippen molar-refractivity contribution < 1.29 is 0 Å². The molecular formula is C10H21N3. The van der Waals surface area contributed by atoms with Crippen LogP contribution in [0.3, 0.4) is 0 Å². The quantitative estimate of drug-likeness (QED) is 0.645. The minimum atomic E-state index is 0.0179. The molecule has 3 nitrogen and oxygen atoms in total. The lowest BCUT2D eigenvalue weighted by molar-refractivity contribution is 0.319. The molecule has 0 fully saturated rings. The molecular weight excluding hydrogens is 162 g/mol. The zero-order valence-electron chi connectivity index (χ0n) is 9.01. The lowest BCUT2D eigenvalue weighted by Gasteiger charge is -2.17. The van der Waals surface area contributed by atoms with Crippen LogP contribution in [-0.2, 0) is 0 Å². The van der Waals surface area contributed by atoms with Crippen LogP contribution in [0.4, 0.5) is 0 Å². The Balaban J connectivity index is 3.54. The van der Waals surface area contributed by atoms with Crippen molar-refractivity contribution in [1.82, 2.24) is 10.2 Å². The second kappa shape index (κ2) is 8.03. The monoisotopic (exact) mass is 183 g/mol. The van der Waals surface area contributed by atoms with Crippen LogP contribution in [-0.4, -0.2) is 37.6 Å². The summed E-state index contributed by atoms with van der Waals surface area (Å²) in [5.74, 6) is 0. The molecule has 1 atom stereocenters. The molecule has 0 aromatic carbocycles. The van der Waals surface area contributed by atoms with Crippen LogP contribution in [0.15, 0.2) is 0 Å². The molecule has 0 aromatic rings. The van der Waals surface area contributed by atoms with Crippen molar-refractivity contribution in [2.75, 3.05) is 26.7 Å². The van der Waals surface area contributed by atoms with Crippen molar-refractivity contribution in [3.8, 4) is 6.07 Å². The molecule has 0 aliphatic heterocycles. The Hall–Kier alpha value is -0.590. The lowest BCUT2D eigenvalue weighted by atomic mass is 10.2. The standard InChI is InChI=1S/C10H21N3/c1-4-7-13(3)8-6-10(9-11)12-5-2/h10,12H,4-8H2,1-3H3. The molecule has 0 aliphatic carbocycles. The van der Waals surface area contributed by atoms with Gasteiger partial charge in [0.25, 0.3) is 0 Å². The van der Waals surface area contributed by atoms with Gasteiger partial charge in [-0.15, -0.1) is 0 Å². The van der Waals surface area contributed by atoms with Crippen LogP contribution in [0, 0.1) is 11.3 Å². The number of hydrogen-bond acceptors (Lipinski definition) is 3. The second-order valence-electron chi connectivity index (χ2n) is 3.33. The molecule has 13 heavy (non-hydrogen) atoms. The highest BCUT2D eigenvalue weighted by molar-refractivity contribution is 4.89. The van der Waals surface area contributed by atoms with Gasteiger partial charge in [0.05, 0.1) is 12.1 Å². The molecule has 0 spiro atoms. The van der Waals surface area contributed by atoms with Crippen LogP contribution in [0.5, 0.6) is 0 Å². The summed E-state index contributed by atoms with van der Waals surface area (Å²) in [5.41, 5.74) is 0. The first-order valence-electron chi connectivity index (χ1n) is 5.06. The van der Waals surface area contributed by atoms with Gasteiger partial charge in [-0.1, -0.05) is 13.8 Å². The van der Waals surface area contributed by atoms with Gasteiger partial charge < -0.3 is 10.2 Å². The zero-order valence-corrected chi connectivity index (χ0v) is 9.01. The van der Waals surface area contributed by atoms with E-state index in [9.17, 15) is 0 Å². The van der Waals surface area contributed by atoms with Gasteiger partial charge in [0.15, 0.2) is 0 Å². The molecule has 3 heteroatoms. The van der Waals surface area contributed by atoms with Gasteiger partial charge in [-0.25, -0.2) is 0 Å². The maximum absolute atomic E-state index is 8.77. The highest BCUT2D eigenvalue weighted by Crippen LogP contribution is 1.94. The third-order valence-electron chi connectivity index (χ3n) is 2.01. The Morgan fingerprint density at radius 1 is 1.38 bits per heavy atom. The number of rotatable bonds is 7. The van der Waals surface area contributed by atoms with E-state index in [2.05, 4.69) is 30.3 Å². The minimum Gasteiger partial charge on any atom is -0.306 e. The van der Waals surface area contributed by atoms with Crippen LogP contribution in [0.2, 0.25) is 0 Å². The summed E-state index contributed by atoms with van der Waals surface area (Å²) in [6, 6.07) is 2.28. The first-order valence-corrected chi connectivity index (χ1v) is 5.06. The van der Waals surface area contributed by atoms with Crippen molar-refractivity contribution in [2.45, 2.75) is 32.7 Å². The molecule has 0 rings (SSSR count). The second-order valence-corrected chi connectivity index (χ2v) is 3.33. The molecule has 0 aliphatic rings. The lowest BCUT2D eigenvalue weighted by Crippen LogP contribution is -2.32. The predicted molar refractivity (Wildman–Crippen MR) is 55.5 cm³/mol. The third kappa shape index (κ3) is 6.56. The summed E-state index contributed by atoms with van der Waals surface area (Å²) in [5, 5.41) is 11.9. The van der Waals surface area contributed by atoms with E-state index in [0.29, 0.717) is 0 Å². The Kier molecular flexibility index (Phi) is 7.66. The fourth-order valence-corrected chi connectivity index (χ4v) is 1.30. The van der Waals surface area contributed by atoms with E-state index in [1.807, 2.05) is 6.92 Å². The minimum absolute atomic E-state index is 0.0179. The van der Waals surface area contributed by atoms with Gasteiger partial charge >= 0.3 is 0 Å². The van der Waals surface area contributed by atoms with E-state index in [1.54, 1.807) is 0 Å². The Morgan fingerprint density at radius 3 is 2.54 bits per heavy atom. The highest BCUT2D eigenvalue weighted by Gasteiger charge is 2.05. The van der Waals surface area contributed by atoms with Gasteiger partial charge in [-0.05, 0) is 33.0 Å². The van der Waals surface area contributed by atoms with E-state index >= 15 is 0 Å². The molecule has 0 saturated carbocycles. The molecule has 1 N–H and O–H groups in total. The van der Waals surface area contributed by atoms with E-state index < -0.39 is 0 Å². The summed E-state index contributed by atoms with van der Waals surface area (Å²) in [6.45, 7) is 7.18. The molecule has 0 bridgehead atoms. The normalized spacial score (nSPS) is 12.8. The molecule has 1 unspecified atom stereocenters. The van der Waals surface area contributed by atoms with Gasteiger partial charge in [-0.3, -0.25) is 0 Å². The summed E-state index contributed by atoms with van der Waals surface area (Å²) >= 11 is 0. The van der Waals surface area contributed by atoms with Crippen molar-refractivity contribution in [3.05, 3.63) is 0 Å². The summed E-state index contributed by atoms with van der Waals surface area (Å²) in [7, 11) is 2.10. The predicted octanol–water partition coefficient (Wildman–Crippen LogP) is 1.22. The van der Waals surface area contributed by atoms with Gasteiger partial charge in [-0.2, -0.15) is 5.26 Å². The molecule has 76 valence electrons. The maximum Gasteiger partial charge on any atom is 0.0965 e.